The van der Waals surface area contributed by atoms with Gasteiger partial charge in [-0.2, -0.15) is 0 Å². The maximum Gasteiger partial charge on any atom is 0.335 e. The zero-order valence-corrected chi connectivity index (χ0v) is 13.1. The predicted molar refractivity (Wildman–Crippen MR) is 76.7 cm³/mol. The van der Waals surface area contributed by atoms with E-state index in [2.05, 4.69) is 4.72 Å². The third-order valence-corrected chi connectivity index (χ3v) is 5.08. The fourth-order valence-electron chi connectivity index (χ4n) is 1.57. The highest BCUT2D eigenvalue weighted by molar-refractivity contribution is 7.89. The number of carboxylic acid groups (broad SMARTS) is 1. The first-order valence-electron chi connectivity index (χ1n) is 5.98. The summed E-state index contributed by atoms with van der Waals surface area (Å²) in [4.78, 5) is 10.1. The summed E-state index contributed by atoms with van der Waals surface area (Å²) in [5, 5.41) is 8.82. The largest absolute Gasteiger partial charge is 0.478 e. The van der Waals surface area contributed by atoms with E-state index in [4.69, 9.17) is 5.11 Å². The van der Waals surface area contributed by atoms with E-state index in [0.29, 0.717) is 12.2 Å². The number of hydrogen-bond donors (Lipinski definition) is 2. The van der Waals surface area contributed by atoms with Gasteiger partial charge in [0.1, 0.15) is 10.7 Å². The van der Waals surface area contributed by atoms with Gasteiger partial charge in [0.05, 0.1) is 5.56 Å². The average Bonchev–Trinajstić information content (AvgIpc) is 2.35. The normalized spacial score (nSPS) is 14.6. The standard InChI is InChI=1S/C12H16FNO5S2/c1-8(5-6-20(2)17)14-21(18,19)11-7-9(12(15)16)3-4-10(11)13/h3-4,7-8,14H,5-6H2,1-2H3,(H,15,16). The van der Waals surface area contributed by atoms with Gasteiger partial charge in [-0.15, -0.1) is 0 Å². The van der Waals surface area contributed by atoms with Crippen molar-refractivity contribution in [1.29, 1.82) is 0 Å². The van der Waals surface area contributed by atoms with Gasteiger partial charge >= 0.3 is 5.97 Å². The van der Waals surface area contributed by atoms with Crippen molar-refractivity contribution in [1.82, 2.24) is 4.72 Å². The van der Waals surface area contributed by atoms with E-state index in [9.17, 15) is 21.8 Å². The predicted octanol–water partition coefficient (Wildman–Crippen LogP) is 0.959. The van der Waals surface area contributed by atoms with E-state index >= 15 is 0 Å². The van der Waals surface area contributed by atoms with Crippen molar-refractivity contribution in [3.8, 4) is 0 Å². The molecule has 1 aromatic carbocycles. The smallest absolute Gasteiger partial charge is 0.335 e. The van der Waals surface area contributed by atoms with E-state index in [1.807, 2.05) is 0 Å². The number of nitrogens with one attached hydrogen (secondary N) is 1. The van der Waals surface area contributed by atoms with E-state index in [0.717, 1.165) is 18.2 Å². The Hall–Kier alpha value is -1.32. The molecule has 2 unspecified atom stereocenters. The Bertz CT molecular complexity index is 660. The number of aromatic carboxylic acids is 1. The van der Waals surface area contributed by atoms with Crippen LogP contribution in [0.25, 0.3) is 0 Å². The van der Waals surface area contributed by atoms with Crippen molar-refractivity contribution in [2.45, 2.75) is 24.3 Å². The molecule has 0 saturated carbocycles. The van der Waals surface area contributed by atoms with Crippen LogP contribution in [0.5, 0.6) is 0 Å². The highest BCUT2D eigenvalue weighted by Crippen LogP contribution is 2.17. The van der Waals surface area contributed by atoms with Crippen LogP contribution in [0.2, 0.25) is 0 Å². The molecule has 9 heteroatoms. The number of rotatable bonds is 7. The fourth-order valence-corrected chi connectivity index (χ4v) is 3.64. The summed E-state index contributed by atoms with van der Waals surface area (Å²) in [7, 11) is -5.24. The van der Waals surface area contributed by atoms with Crippen LogP contribution >= 0.6 is 0 Å². The van der Waals surface area contributed by atoms with Gasteiger partial charge in [-0.25, -0.2) is 22.3 Å². The minimum Gasteiger partial charge on any atom is -0.478 e. The molecule has 0 aliphatic rings. The molecule has 0 aliphatic heterocycles. The first-order valence-corrected chi connectivity index (χ1v) is 9.19. The van der Waals surface area contributed by atoms with Crippen LogP contribution < -0.4 is 4.72 Å². The van der Waals surface area contributed by atoms with Crippen molar-refractivity contribution in [2.75, 3.05) is 12.0 Å². The van der Waals surface area contributed by atoms with E-state index in [1.54, 1.807) is 6.92 Å². The Labute approximate surface area is 124 Å². The molecule has 1 rings (SSSR count). The molecule has 0 saturated heterocycles. The maximum atomic E-state index is 13.6. The minimum atomic E-state index is -4.18. The highest BCUT2D eigenvalue weighted by Gasteiger charge is 2.23. The Morgan fingerprint density at radius 2 is 2.10 bits per heavy atom. The van der Waals surface area contributed by atoms with Crippen LogP contribution in [-0.4, -0.2) is 41.8 Å². The lowest BCUT2D eigenvalue weighted by Crippen LogP contribution is -2.34. The summed E-state index contributed by atoms with van der Waals surface area (Å²) in [6.07, 6.45) is 1.82. The van der Waals surface area contributed by atoms with Crippen molar-refractivity contribution in [2.24, 2.45) is 0 Å². The van der Waals surface area contributed by atoms with Gasteiger partial charge in [-0.1, -0.05) is 0 Å². The van der Waals surface area contributed by atoms with Crippen LogP contribution in [0.15, 0.2) is 23.1 Å². The minimum absolute atomic E-state index is 0.307. The van der Waals surface area contributed by atoms with Crippen molar-refractivity contribution >= 4 is 26.8 Å². The van der Waals surface area contributed by atoms with Gasteiger partial charge in [-0.3, -0.25) is 4.21 Å². The Kier molecular flexibility index (Phi) is 5.99. The second-order valence-electron chi connectivity index (χ2n) is 4.54. The number of sulfonamides is 1. The molecule has 0 aromatic heterocycles. The zero-order chi connectivity index (χ0) is 16.2. The van der Waals surface area contributed by atoms with Crippen LogP contribution in [0.3, 0.4) is 0 Å². The first kappa shape index (κ1) is 17.7. The van der Waals surface area contributed by atoms with Crippen LogP contribution in [0.1, 0.15) is 23.7 Å². The molecular formula is C12H16FNO5S2. The Morgan fingerprint density at radius 3 is 2.62 bits per heavy atom. The SMILES string of the molecule is CC(CCS(C)=O)NS(=O)(=O)c1cc(C(=O)O)ccc1F. The number of hydrogen-bond acceptors (Lipinski definition) is 4. The Balaban J connectivity index is 2.99. The molecule has 21 heavy (non-hydrogen) atoms. The van der Waals surface area contributed by atoms with Gasteiger partial charge in [0, 0.05) is 28.9 Å². The third kappa shape index (κ3) is 5.18. The molecule has 0 amide bonds. The van der Waals surface area contributed by atoms with Gasteiger partial charge in [-0.05, 0) is 31.5 Å². The second kappa shape index (κ2) is 7.10. The number of halogens is 1. The summed E-state index contributed by atoms with van der Waals surface area (Å²) < 4.78 is 51.0. The summed E-state index contributed by atoms with van der Waals surface area (Å²) in [5.74, 6) is -2.07. The quantitative estimate of drug-likeness (QED) is 0.772. The lowest BCUT2D eigenvalue weighted by atomic mass is 10.2. The lowest BCUT2D eigenvalue weighted by molar-refractivity contribution is 0.0696. The third-order valence-electron chi connectivity index (χ3n) is 2.66. The highest BCUT2D eigenvalue weighted by atomic mass is 32.2. The molecule has 2 N–H and O–H groups in total. The van der Waals surface area contributed by atoms with Crippen LogP contribution in [0.4, 0.5) is 4.39 Å². The second-order valence-corrected chi connectivity index (χ2v) is 7.78. The van der Waals surface area contributed by atoms with Gasteiger partial charge in [0.15, 0.2) is 0 Å². The molecule has 0 heterocycles. The van der Waals surface area contributed by atoms with E-state index in [-0.39, 0.29) is 5.56 Å². The fraction of sp³-hybridized carbons (Fsp3) is 0.417. The van der Waals surface area contributed by atoms with Gasteiger partial charge in [0.2, 0.25) is 10.0 Å². The van der Waals surface area contributed by atoms with Crippen molar-refractivity contribution in [3.05, 3.63) is 29.6 Å². The van der Waals surface area contributed by atoms with Gasteiger partial charge in [0.25, 0.3) is 0 Å². The molecule has 0 radical (unpaired) electrons. The molecule has 118 valence electrons. The van der Waals surface area contributed by atoms with Crippen LogP contribution in [-0.2, 0) is 20.8 Å². The van der Waals surface area contributed by atoms with Gasteiger partial charge < -0.3 is 5.11 Å². The molecule has 0 aliphatic carbocycles. The monoisotopic (exact) mass is 337 g/mol. The van der Waals surface area contributed by atoms with Crippen molar-refractivity contribution in [3.63, 3.8) is 0 Å². The molecule has 0 fully saturated rings. The zero-order valence-electron chi connectivity index (χ0n) is 11.5. The van der Waals surface area contributed by atoms with E-state index in [1.165, 1.54) is 6.26 Å². The summed E-state index contributed by atoms with van der Waals surface area (Å²) in [5.41, 5.74) is -0.320. The number of benzene rings is 1. The molecule has 1 aromatic rings. The number of carboxylic acids is 1. The molecular weight excluding hydrogens is 321 g/mol. The maximum absolute atomic E-state index is 13.6. The Morgan fingerprint density at radius 1 is 1.48 bits per heavy atom. The topological polar surface area (TPSA) is 101 Å². The van der Waals surface area contributed by atoms with E-state index < -0.39 is 43.5 Å². The molecule has 2 atom stereocenters. The lowest BCUT2D eigenvalue weighted by Gasteiger charge is -2.14. The average molecular weight is 337 g/mol. The molecule has 0 spiro atoms. The molecule has 6 nitrogen and oxygen atoms in total. The molecule has 0 bridgehead atoms. The number of carbonyl (C=O) groups is 1. The summed E-state index contributed by atoms with van der Waals surface area (Å²) in [6.45, 7) is 1.56. The first-order chi connectivity index (χ1) is 9.63. The van der Waals surface area contributed by atoms with Crippen LogP contribution in [0, 0.1) is 5.82 Å². The summed E-state index contributed by atoms with van der Waals surface area (Å²) in [6, 6.07) is 2.00. The summed E-state index contributed by atoms with van der Waals surface area (Å²) >= 11 is 0. The van der Waals surface area contributed by atoms with Crippen molar-refractivity contribution < 1.29 is 26.9 Å².